The quantitative estimate of drug-likeness (QED) is 0.910. The maximum absolute atomic E-state index is 12.8. The van der Waals surface area contributed by atoms with Gasteiger partial charge in [-0.25, -0.2) is 13.8 Å². The molecular weight excluding hydrogens is 260 g/mol. The molecule has 0 aliphatic heterocycles. The van der Waals surface area contributed by atoms with Crippen molar-refractivity contribution in [2.24, 2.45) is 5.92 Å². The fourth-order valence-electron chi connectivity index (χ4n) is 2.54. The van der Waals surface area contributed by atoms with E-state index in [1.165, 1.54) is 5.56 Å². The number of aryl methyl sites for hydroxylation is 1. The summed E-state index contributed by atoms with van der Waals surface area (Å²) in [5, 5.41) is 0. The molecular formula is C15H19F2N3. The summed E-state index contributed by atoms with van der Waals surface area (Å²) in [6.07, 6.45) is 0.619. The highest BCUT2D eigenvalue weighted by Gasteiger charge is 2.55. The highest BCUT2D eigenvalue weighted by Crippen LogP contribution is 2.50. The van der Waals surface area contributed by atoms with Gasteiger partial charge in [0.25, 0.3) is 5.92 Å². The van der Waals surface area contributed by atoms with Gasteiger partial charge in [-0.2, -0.15) is 0 Å². The molecule has 1 aromatic heterocycles. The molecule has 1 heterocycles. The average Bonchev–Trinajstić information content (AvgIpc) is 2.79. The van der Waals surface area contributed by atoms with Crippen LogP contribution < -0.4 is 0 Å². The summed E-state index contributed by atoms with van der Waals surface area (Å²) in [6, 6.07) is 6.10. The number of benzene rings is 1. The highest BCUT2D eigenvalue weighted by atomic mass is 19.3. The smallest absolute Gasteiger partial charge is 0.251 e. The van der Waals surface area contributed by atoms with Crippen molar-refractivity contribution in [1.82, 2.24) is 14.9 Å². The van der Waals surface area contributed by atoms with Gasteiger partial charge in [-0.05, 0) is 44.6 Å². The Hall–Kier alpha value is -1.49. The van der Waals surface area contributed by atoms with E-state index in [-0.39, 0.29) is 6.42 Å². The molecule has 1 aliphatic carbocycles. The Balaban J connectivity index is 1.58. The molecule has 0 amide bonds. The minimum atomic E-state index is -2.41. The van der Waals surface area contributed by atoms with Gasteiger partial charge in [-0.3, -0.25) is 4.90 Å². The van der Waals surface area contributed by atoms with E-state index < -0.39 is 11.8 Å². The molecule has 3 nitrogen and oxygen atoms in total. The summed E-state index contributed by atoms with van der Waals surface area (Å²) in [7, 11) is 1.94. The van der Waals surface area contributed by atoms with Crippen LogP contribution in [0.4, 0.5) is 8.78 Å². The van der Waals surface area contributed by atoms with Gasteiger partial charge in [-0.15, -0.1) is 0 Å². The third kappa shape index (κ3) is 2.82. The molecule has 0 bridgehead atoms. The van der Waals surface area contributed by atoms with E-state index in [0.717, 1.165) is 16.9 Å². The van der Waals surface area contributed by atoms with Gasteiger partial charge in [-0.1, -0.05) is 6.07 Å². The first kappa shape index (κ1) is 13.5. The molecule has 108 valence electrons. The minimum Gasteiger partial charge on any atom is -0.341 e. The van der Waals surface area contributed by atoms with Crippen LogP contribution >= 0.6 is 0 Å². The monoisotopic (exact) mass is 279 g/mol. The zero-order chi connectivity index (χ0) is 14.3. The number of fused-ring (bicyclic) bond motifs is 1. The standard InChI is InChI=1S/C15H19F2N3/c1-10-3-4-12-13(7-10)19-14(18-12)9-20(2)6-5-11-8-15(11,16)17/h3-4,7,11H,5-6,8-9H2,1-2H3,(H,18,19)/t11-/m0/s1. The second-order valence-electron chi connectivity index (χ2n) is 5.89. The van der Waals surface area contributed by atoms with Crippen molar-refractivity contribution in [2.45, 2.75) is 32.2 Å². The highest BCUT2D eigenvalue weighted by molar-refractivity contribution is 5.75. The van der Waals surface area contributed by atoms with Crippen molar-refractivity contribution in [1.29, 1.82) is 0 Å². The molecule has 0 saturated heterocycles. The van der Waals surface area contributed by atoms with E-state index in [0.29, 0.717) is 19.5 Å². The number of nitrogens with one attached hydrogen (secondary N) is 1. The predicted octanol–water partition coefficient (Wildman–Crippen LogP) is 3.35. The zero-order valence-electron chi connectivity index (χ0n) is 11.8. The summed E-state index contributed by atoms with van der Waals surface area (Å²) >= 11 is 0. The van der Waals surface area contributed by atoms with E-state index in [1.807, 2.05) is 31.0 Å². The third-order valence-electron chi connectivity index (χ3n) is 3.92. The van der Waals surface area contributed by atoms with E-state index in [1.54, 1.807) is 0 Å². The zero-order valence-corrected chi connectivity index (χ0v) is 11.8. The van der Waals surface area contributed by atoms with Gasteiger partial charge in [0.05, 0.1) is 17.6 Å². The summed E-state index contributed by atoms with van der Waals surface area (Å²) < 4.78 is 25.6. The van der Waals surface area contributed by atoms with Crippen molar-refractivity contribution in [3.8, 4) is 0 Å². The lowest BCUT2D eigenvalue weighted by atomic mass is 10.2. The lowest BCUT2D eigenvalue weighted by Gasteiger charge is -2.14. The number of aromatic amines is 1. The Morgan fingerprint density at radius 2 is 2.20 bits per heavy atom. The molecule has 2 aromatic rings. The molecule has 5 heteroatoms. The maximum Gasteiger partial charge on any atom is 0.251 e. The van der Waals surface area contributed by atoms with Crippen molar-refractivity contribution in [2.75, 3.05) is 13.6 Å². The Kier molecular flexibility index (Phi) is 3.24. The van der Waals surface area contributed by atoms with Gasteiger partial charge in [0.1, 0.15) is 5.82 Å². The minimum absolute atomic E-state index is 0.0603. The molecule has 0 radical (unpaired) electrons. The van der Waals surface area contributed by atoms with Crippen LogP contribution in [0.2, 0.25) is 0 Å². The van der Waals surface area contributed by atoms with Crippen molar-refractivity contribution in [3.05, 3.63) is 29.6 Å². The molecule has 1 saturated carbocycles. The molecule has 3 rings (SSSR count). The van der Waals surface area contributed by atoms with Gasteiger partial charge < -0.3 is 4.98 Å². The van der Waals surface area contributed by atoms with Crippen LogP contribution in [-0.2, 0) is 6.54 Å². The number of imidazole rings is 1. The number of rotatable bonds is 5. The summed E-state index contributed by atoms with van der Waals surface area (Å²) in [5.74, 6) is -1.93. The fourth-order valence-corrected chi connectivity index (χ4v) is 2.54. The number of hydrogen-bond donors (Lipinski definition) is 1. The third-order valence-corrected chi connectivity index (χ3v) is 3.92. The molecule has 20 heavy (non-hydrogen) atoms. The molecule has 0 spiro atoms. The second-order valence-corrected chi connectivity index (χ2v) is 5.89. The predicted molar refractivity (Wildman–Crippen MR) is 74.8 cm³/mol. The Bertz CT molecular complexity index is 621. The lowest BCUT2D eigenvalue weighted by Crippen LogP contribution is -2.20. The molecule has 1 fully saturated rings. The molecule has 1 atom stereocenters. The molecule has 0 unspecified atom stereocenters. The van der Waals surface area contributed by atoms with Crippen molar-refractivity contribution >= 4 is 11.0 Å². The van der Waals surface area contributed by atoms with Gasteiger partial charge in [0, 0.05) is 12.3 Å². The van der Waals surface area contributed by atoms with Crippen LogP contribution in [0, 0.1) is 12.8 Å². The van der Waals surface area contributed by atoms with Crippen LogP contribution in [-0.4, -0.2) is 34.4 Å². The summed E-state index contributed by atoms with van der Waals surface area (Å²) in [6.45, 7) is 3.38. The fraction of sp³-hybridized carbons (Fsp3) is 0.533. The van der Waals surface area contributed by atoms with Crippen LogP contribution in [0.5, 0.6) is 0 Å². The first-order valence-corrected chi connectivity index (χ1v) is 6.96. The number of alkyl halides is 2. The summed E-state index contributed by atoms with van der Waals surface area (Å²) in [4.78, 5) is 9.85. The normalized spacial score (nSPS) is 20.8. The average molecular weight is 279 g/mol. The number of H-pyrrole nitrogens is 1. The Morgan fingerprint density at radius 3 is 2.90 bits per heavy atom. The van der Waals surface area contributed by atoms with Gasteiger partial charge in [0.2, 0.25) is 0 Å². The van der Waals surface area contributed by atoms with E-state index >= 15 is 0 Å². The van der Waals surface area contributed by atoms with Crippen molar-refractivity contribution in [3.63, 3.8) is 0 Å². The molecule has 1 aliphatic rings. The van der Waals surface area contributed by atoms with Gasteiger partial charge in [0.15, 0.2) is 0 Å². The summed E-state index contributed by atoms with van der Waals surface area (Å²) in [5.41, 5.74) is 3.17. The first-order chi connectivity index (χ1) is 9.44. The molecule has 1 aromatic carbocycles. The largest absolute Gasteiger partial charge is 0.341 e. The Morgan fingerprint density at radius 1 is 1.45 bits per heavy atom. The number of aromatic nitrogens is 2. The Labute approximate surface area is 117 Å². The number of hydrogen-bond acceptors (Lipinski definition) is 2. The maximum atomic E-state index is 12.8. The van der Waals surface area contributed by atoms with E-state index in [9.17, 15) is 8.78 Å². The van der Waals surface area contributed by atoms with E-state index in [4.69, 9.17) is 0 Å². The number of nitrogens with zero attached hydrogens (tertiary/aromatic N) is 2. The van der Waals surface area contributed by atoms with Crippen molar-refractivity contribution < 1.29 is 8.78 Å². The van der Waals surface area contributed by atoms with Crippen LogP contribution in [0.1, 0.15) is 24.2 Å². The van der Waals surface area contributed by atoms with Crippen LogP contribution in [0.3, 0.4) is 0 Å². The first-order valence-electron chi connectivity index (χ1n) is 6.96. The van der Waals surface area contributed by atoms with Crippen LogP contribution in [0.15, 0.2) is 18.2 Å². The van der Waals surface area contributed by atoms with Crippen LogP contribution in [0.25, 0.3) is 11.0 Å². The lowest BCUT2D eigenvalue weighted by molar-refractivity contribution is 0.0943. The van der Waals surface area contributed by atoms with E-state index in [2.05, 4.69) is 16.0 Å². The molecule has 1 N–H and O–H groups in total. The van der Waals surface area contributed by atoms with Gasteiger partial charge >= 0.3 is 0 Å². The second kappa shape index (κ2) is 4.81. The number of halogens is 2. The topological polar surface area (TPSA) is 31.9 Å². The SMILES string of the molecule is Cc1ccc2nc(CN(C)CC[C@H]3CC3(F)F)[nH]c2c1.